The number of methoxy groups -OCH3 is 1. The van der Waals surface area contributed by atoms with Crippen molar-refractivity contribution in [2.75, 3.05) is 13.7 Å². The maximum Gasteiger partial charge on any atom is 0.0949 e. The number of hydrogen-bond donors (Lipinski definition) is 1. The van der Waals surface area contributed by atoms with E-state index in [4.69, 9.17) is 27.9 Å². The van der Waals surface area contributed by atoms with Gasteiger partial charge >= 0.3 is 0 Å². The van der Waals surface area contributed by atoms with E-state index in [-0.39, 0.29) is 0 Å². The first-order valence-corrected chi connectivity index (χ1v) is 6.46. The highest BCUT2D eigenvalue weighted by Gasteiger charge is 2.44. The molecule has 1 aromatic carbocycles. The molecule has 1 atom stereocenters. The van der Waals surface area contributed by atoms with E-state index in [0.29, 0.717) is 29.0 Å². The summed E-state index contributed by atoms with van der Waals surface area (Å²) < 4.78 is 5.12. The Morgan fingerprint density at radius 2 is 1.94 bits per heavy atom. The second-order valence-corrected chi connectivity index (χ2v) is 5.50. The molecule has 0 amide bonds. The minimum atomic E-state index is -0.844. The van der Waals surface area contributed by atoms with E-state index in [2.05, 4.69) is 0 Å². The summed E-state index contributed by atoms with van der Waals surface area (Å²) in [5.41, 5.74) is -0.0362. The van der Waals surface area contributed by atoms with Gasteiger partial charge in [0.15, 0.2) is 0 Å². The Morgan fingerprint density at radius 1 is 1.35 bits per heavy atom. The molecule has 1 unspecified atom stereocenters. The molecule has 0 heterocycles. The summed E-state index contributed by atoms with van der Waals surface area (Å²) in [6.45, 7) is 0.319. The smallest absolute Gasteiger partial charge is 0.0949 e. The highest BCUT2D eigenvalue weighted by molar-refractivity contribution is 6.36. The van der Waals surface area contributed by atoms with Gasteiger partial charge in [0.2, 0.25) is 0 Å². The summed E-state index contributed by atoms with van der Waals surface area (Å²) in [5, 5.41) is 11.8. The van der Waals surface area contributed by atoms with Gasteiger partial charge in [-0.3, -0.25) is 0 Å². The van der Waals surface area contributed by atoms with Gasteiger partial charge in [0.1, 0.15) is 0 Å². The third-order valence-corrected chi connectivity index (χ3v) is 3.98. The average Bonchev–Trinajstić information content (AvgIpc) is 3.08. The highest BCUT2D eigenvalue weighted by atomic mass is 35.5. The number of aliphatic hydroxyl groups is 1. The fourth-order valence-electron chi connectivity index (χ4n) is 2.19. The molecule has 0 bridgehead atoms. The van der Waals surface area contributed by atoms with E-state index >= 15 is 0 Å². The molecular weight excluding hydrogens is 259 g/mol. The fraction of sp³-hybridized carbons (Fsp3) is 0.538. The van der Waals surface area contributed by atoms with Crippen molar-refractivity contribution in [3.63, 3.8) is 0 Å². The van der Waals surface area contributed by atoms with Gasteiger partial charge in [-0.15, -0.1) is 0 Å². The first-order valence-electron chi connectivity index (χ1n) is 5.71. The van der Waals surface area contributed by atoms with Gasteiger partial charge in [0, 0.05) is 23.6 Å². The number of ether oxygens (including phenoxy) is 1. The summed E-state index contributed by atoms with van der Waals surface area (Å²) in [7, 11) is 1.60. The topological polar surface area (TPSA) is 29.5 Å². The van der Waals surface area contributed by atoms with Crippen LogP contribution in [0.25, 0.3) is 0 Å². The maximum absolute atomic E-state index is 10.6. The van der Waals surface area contributed by atoms with Crippen molar-refractivity contribution in [3.05, 3.63) is 33.8 Å². The lowest BCUT2D eigenvalue weighted by Gasteiger charge is -2.28. The molecule has 0 radical (unpaired) electrons. The second-order valence-electron chi connectivity index (χ2n) is 4.69. The van der Waals surface area contributed by atoms with Crippen LogP contribution in [0.2, 0.25) is 10.0 Å². The Morgan fingerprint density at radius 3 is 2.41 bits per heavy atom. The largest absolute Gasteiger partial charge is 0.387 e. The van der Waals surface area contributed by atoms with Crippen molar-refractivity contribution in [2.24, 2.45) is 5.92 Å². The van der Waals surface area contributed by atoms with E-state index in [1.54, 1.807) is 25.3 Å². The SMILES string of the molecule is COCC(O)(Cc1c(Cl)cccc1Cl)C1CC1. The zero-order valence-electron chi connectivity index (χ0n) is 9.75. The number of hydrogen-bond acceptors (Lipinski definition) is 2. The van der Waals surface area contributed by atoms with E-state index in [1.807, 2.05) is 0 Å². The Bertz CT molecular complexity index is 384. The summed E-state index contributed by atoms with van der Waals surface area (Å²) >= 11 is 12.2. The Balaban J connectivity index is 2.23. The van der Waals surface area contributed by atoms with Crippen molar-refractivity contribution in [3.8, 4) is 0 Å². The lowest BCUT2D eigenvalue weighted by molar-refractivity contribution is -0.0474. The van der Waals surface area contributed by atoms with Crippen molar-refractivity contribution in [1.29, 1.82) is 0 Å². The summed E-state index contributed by atoms with van der Waals surface area (Å²) in [5.74, 6) is 0.301. The number of halogens is 2. The molecule has 1 aromatic rings. The summed E-state index contributed by atoms with van der Waals surface area (Å²) in [6.07, 6.45) is 2.54. The molecule has 1 fully saturated rings. The van der Waals surface area contributed by atoms with Crippen LogP contribution < -0.4 is 0 Å². The molecular formula is C13H16Cl2O2. The van der Waals surface area contributed by atoms with Gasteiger partial charge < -0.3 is 9.84 Å². The molecule has 17 heavy (non-hydrogen) atoms. The van der Waals surface area contributed by atoms with E-state index in [0.717, 1.165) is 18.4 Å². The zero-order chi connectivity index (χ0) is 12.5. The van der Waals surface area contributed by atoms with Crippen LogP contribution in [0.4, 0.5) is 0 Å². The predicted molar refractivity (Wildman–Crippen MR) is 69.7 cm³/mol. The van der Waals surface area contributed by atoms with Gasteiger partial charge in [0.25, 0.3) is 0 Å². The van der Waals surface area contributed by atoms with E-state index in [9.17, 15) is 5.11 Å². The lowest BCUT2D eigenvalue weighted by atomic mass is 9.90. The standard InChI is InChI=1S/C13H16Cl2O2/c1-17-8-13(16,9-5-6-9)7-10-11(14)3-2-4-12(10)15/h2-4,9,16H,5-8H2,1H3. The average molecular weight is 275 g/mol. The van der Waals surface area contributed by atoms with Crippen LogP contribution >= 0.6 is 23.2 Å². The first kappa shape index (κ1) is 13.2. The van der Waals surface area contributed by atoms with Gasteiger partial charge in [-0.1, -0.05) is 29.3 Å². The second kappa shape index (κ2) is 5.15. The van der Waals surface area contributed by atoms with Crippen LogP contribution in [-0.2, 0) is 11.2 Å². The molecule has 94 valence electrons. The molecule has 1 aliphatic rings. The summed E-state index contributed by atoms with van der Waals surface area (Å²) in [6, 6.07) is 5.40. The Kier molecular flexibility index (Phi) is 3.99. The molecule has 2 nitrogen and oxygen atoms in total. The molecule has 0 saturated heterocycles. The van der Waals surface area contributed by atoms with Gasteiger partial charge in [-0.2, -0.15) is 0 Å². The van der Waals surface area contributed by atoms with Crippen LogP contribution in [-0.4, -0.2) is 24.4 Å². The van der Waals surface area contributed by atoms with E-state index in [1.165, 1.54) is 0 Å². The van der Waals surface area contributed by atoms with Gasteiger partial charge in [-0.05, 0) is 36.5 Å². The minimum absolute atomic E-state index is 0.301. The molecule has 0 aliphatic heterocycles. The van der Waals surface area contributed by atoms with Gasteiger partial charge in [-0.25, -0.2) is 0 Å². The summed E-state index contributed by atoms with van der Waals surface area (Å²) in [4.78, 5) is 0. The quantitative estimate of drug-likeness (QED) is 0.893. The Labute approximate surface area is 111 Å². The van der Waals surface area contributed by atoms with Crippen LogP contribution in [0, 0.1) is 5.92 Å². The predicted octanol–water partition coefficient (Wildman–Crippen LogP) is 3.32. The van der Waals surface area contributed by atoms with Crippen molar-refractivity contribution < 1.29 is 9.84 Å². The molecule has 4 heteroatoms. The van der Waals surface area contributed by atoms with Crippen molar-refractivity contribution in [1.82, 2.24) is 0 Å². The normalized spacial score (nSPS) is 19.1. The number of benzene rings is 1. The monoisotopic (exact) mass is 274 g/mol. The molecule has 2 rings (SSSR count). The number of rotatable bonds is 5. The van der Waals surface area contributed by atoms with Gasteiger partial charge in [0.05, 0.1) is 12.2 Å². The third-order valence-electron chi connectivity index (χ3n) is 3.28. The lowest BCUT2D eigenvalue weighted by Crippen LogP contribution is -2.39. The molecule has 1 N–H and O–H groups in total. The third kappa shape index (κ3) is 2.94. The van der Waals surface area contributed by atoms with Crippen LogP contribution in [0.3, 0.4) is 0 Å². The van der Waals surface area contributed by atoms with Crippen molar-refractivity contribution in [2.45, 2.75) is 24.9 Å². The molecule has 1 aliphatic carbocycles. The maximum atomic E-state index is 10.6. The van der Waals surface area contributed by atoms with Crippen LogP contribution in [0.1, 0.15) is 18.4 Å². The molecule has 1 saturated carbocycles. The minimum Gasteiger partial charge on any atom is -0.387 e. The molecule has 0 aromatic heterocycles. The Hall–Kier alpha value is -0.280. The molecule has 0 spiro atoms. The van der Waals surface area contributed by atoms with Crippen molar-refractivity contribution >= 4 is 23.2 Å². The van der Waals surface area contributed by atoms with Crippen LogP contribution in [0.5, 0.6) is 0 Å². The first-order chi connectivity index (χ1) is 8.07. The fourth-order valence-corrected chi connectivity index (χ4v) is 2.72. The van der Waals surface area contributed by atoms with E-state index < -0.39 is 5.60 Å². The zero-order valence-corrected chi connectivity index (χ0v) is 11.3. The van der Waals surface area contributed by atoms with Crippen LogP contribution in [0.15, 0.2) is 18.2 Å². The highest BCUT2D eigenvalue weighted by Crippen LogP contribution is 2.43.